The third-order valence-electron chi connectivity index (χ3n) is 7.04. The lowest BCUT2D eigenvalue weighted by Gasteiger charge is -2.34. The molecule has 0 bridgehead atoms. The van der Waals surface area contributed by atoms with Gasteiger partial charge in [0.2, 0.25) is 10.0 Å². The molecule has 0 radical (unpaired) electrons. The Bertz CT molecular complexity index is 1560. The van der Waals surface area contributed by atoms with Crippen molar-refractivity contribution in [3.05, 3.63) is 83.4 Å². The number of carbonyl (C=O) groups is 1. The van der Waals surface area contributed by atoms with E-state index in [4.69, 9.17) is 9.72 Å². The van der Waals surface area contributed by atoms with Gasteiger partial charge in [-0.15, -0.1) is 0 Å². The molecule has 5 rings (SSSR count). The van der Waals surface area contributed by atoms with Gasteiger partial charge in [0.1, 0.15) is 11.3 Å². The highest BCUT2D eigenvalue weighted by Crippen LogP contribution is 2.36. The number of methoxy groups -OCH3 is 1. The molecule has 3 aromatic carbocycles. The molecular weight excluding hydrogens is 532 g/mol. The van der Waals surface area contributed by atoms with Gasteiger partial charge in [-0.1, -0.05) is 54.7 Å². The first-order valence-electron chi connectivity index (χ1n) is 12.9. The van der Waals surface area contributed by atoms with Gasteiger partial charge in [-0.25, -0.2) is 13.4 Å². The van der Waals surface area contributed by atoms with E-state index in [-0.39, 0.29) is 10.8 Å². The monoisotopic (exact) mass is 564 g/mol. The zero-order chi connectivity index (χ0) is 27.6. The number of sulfonamides is 1. The molecule has 1 amide bonds. The van der Waals surface area contributed by atoms with Gasteiger partial charge in [-0.2, -0.15) is 4.31 Å². The molecule has 0 saturated carbocycles. The molecule has 1 aromatic heterocycles. The predicted octanol–water partition coefficient (Wildman–Crippen LogP) is 4.79. The summed E-state index contributed by atoms with van der Waals surface area (Å²) in [5.41, 5.74) is 3.44. The molecular formula is C29H32N4O4S2. The minimum absolute atomic E-state index is 0.1000. The Hall–Kier alpha value is -3.47. The van der Waals surface area contributed by atoms with Crippen molar-refractivity contribution in [3.63, 3.8) is 0 Å². The lowest BCUT2D eigenvalue weighted by Crippen LogP contribution is -2.48. The van der Waals surface area contributed by atoms with E-state index in [1.54, 1.807) is 30.6 Å². The SMILES string of the molecule is CCN(Cc1ccccc1)S(=O)(=O)c1ccc(C(=O)N2CCN(c3nc4c(OC)ccc(C)c4s3)CC2)cc1. The van der Waals surface area contributed by atoms with Gasteiger partial charge in [0, 0.05) is 44.8 Å². The van der Waals surface area contributed by atoms with E-state index in [9.17, 15) is 13.2 Å². The van der Waals surface area contributed by atoms with Crippen LogP contribution in [0.25, 0.3) is 10.2 Å². The molecule has 8 nitrogen and oxygen atoms in total. The van der Waals surface area contributed by atoms with Gasteiger partial charge in [0.05, 0.1) is 16.7 Å². The van der Waals surface area contributed by atoms with Crippen LogP contribution in [0.5, 0.6) is 5.75 Å². The number of amides is 1. The lowest BCUT2D eigenvalue weighted by atomic mass is 10.2. The number of benzene rings is 3. The Morgan fingerprint density at radius 3 is 2.33 bits per heavy atom. The van der Waals surface area contributed by atoms with Crippen LogP contribution in [-0.2, 0) is 16.6 Å². The Labute approximate surface area is 233 Å². The molecule has 1 fully saturated rings. The van der Waals surface area contributed by atoms with Crippen LogP contribution in [0.2, 0.25) is 0 Å². The summed E-state index contributed by atoms with van der Waals surface area (Å²) in [5, 5.41) is 0.926. The number of aryl methyl sites for hydroxylation is 1. The Balaban J connectivity index is 1.24. The van der Waals surface area contributed by atoms with E-state index >= 15 is 0 Å². The van der Waals surface area contributed by atoms with Crippen LogP contribution >= 0.6 is 11.3 Å². The fourth-order valence-corrected chi connectivity index (χ4v) is 7.29. The van der Waals surface area contributed by atoms with Gasteiger partial charge < -0.3 is 14.5 Å². The summed E-state index contributed by atoms with van der Waals surface area (Å²) in [5.74, 6) is 0.663. The van der Waals surface area contributed by atoms with Crippen LogP contribution in [0.1, 0.15) is 28.4 Å². The molecule has 2 heterocycles. The van der Waals surface area contributed by atoms with Crippen molar-refractivity contribution in [3.8, 4) is 5.75 Å². The number of hydrogen-bond donors (Lipinski definition) is 0. The van der Waals surface area contributed by atoms with Gasteiger partial charge in [-0.05, 0) is 48.4 Å². The number of aromatic nitrogens is 1. The lowest BCUT2D eigenvalue weighted by molar-refractivity contribution is 0.0746. The summed E-state index contributed by atoms with van der Waals surface area (Å²) in [7, 11) is -2.03. The highest BCUT2D eigenvalue weighted by atomic mass is 32.2. The number of rotatable bonds is 8. The van der Waals surface area contributed by atoms with Crippen molar-refractivity contribution in [1.29, 1.82) is 0 Å². The molecule has 0 aliphatic carbocycles. The minimum atomic E-state index is -3.69. The molecule has 1 saturated heterocycles. The summed E-state index contributed by atoms with van der Waals surface area (Å²) in [6, 6.07) is 19.8. The van der Waals surface area contributed by atoms with E-state index in [2.05, 4.69) is 11.8 Å². The topological polar surface area (TPSA) is 83.1 Å². The first-order chi connectivity index (χ1) is 18.8. The van der Waals surface area contributed by atoms with E-state index < -0.39 is 10.0 Å². The molecule has 0 spiro atoms. The minimum Gasteiger partial charge on any atom is -0.494 e. The van der Waals surface area contributed by atoms with Crippen LogP contribution in [0.4, 0.5) is 5.13 Å². The van der Waals surface area contributed by atoms with Crippen LogP contribution in [0, 0.1) is 6.92 Å². The number of fused-ring (bicyclic) bond motifs is 1. The fourth-order valence-electron chi connectivity index (χ4n) is 4.75. The summed E-state index contributed by atoms with van der Waals surface area (Å²) < 4.78 is 34.6. The molecule has 0 unspecified atom stereocenters. The van der Waals surface area contributed by atoms with Gasteiger partial charge in [-0.3, -0.25) is 4.79 Å². The standard InChI is InChI=1S/C29H32N4O4S2/c1-4-33(20-22-8-6-5-7-9-22)39(35,36)24-13-11-23(12-14-24)28(34)31-16-18-32(19-17-31)29-30-26-25(37-3)15-10-21(2)27(26)38-29/h5-15H,4,16-20H2,1-3H3. The second-order valence-corrected chi connectivity index (χ2v) is 12.4. The first-order valence-corrected chi connectivity index (χ1v) is 15.2. The van der Waals surface area contributed by atoms with Crippen molar-refractivity contribution in [1.82, 2.24) is 14.2 Å². The number of thiazole rings is 1. The number of carbonyl (C=O) groups excluding carboxylic acids is 1. The fraction of sp³-hybridized carbons (Fsp3) is 0.310. The molecule has 1 aliphatic rings. The van der Waals surface area contributed by atoms with Crippen LogP contribution in [0.3, 0.4) is 0 Å². The average molecular weight is 565 g/mol. The van der Waals surface area contributed by atoms with E-state index in [0.717, 1.165) is 32.2 Å². The third kappa shape index (κ3) is 5.50. The van der Waals surface area contributed by atoms with E-state index in [1.807, 2.05) is 54.3 Å². The quantitative estimate of drug-likeness (QED) is 0.306. The summed E-state index contributed by atoms with van der Waals surface area (Å²) in [4.78, 5) is 22.3. The largest absolute Gasteiger partial charge is 0.494 e. The Morgan fingerprint density at radius 2 is 1.69 bits per heavy atom. The maximum atomic E-state index is 13.3. The van der Waals surface area contributed by atoms with Crippen molar-refractivity contribution in [2.45, 2.75) is 25.3 Å². The third-order valence-corrected chi connectivity index (χ3v) is 10.2. The number of nitrogens with zero attached hydrogens (tertiary/aromatic N) is 4. The smallest absolute Gasteiger partial charge is 0.253 e. The highest BCUT2D eigenvalue weighted by molar-refractivity contribution is 7.89. The average Bonchev–Trinajstić information content (AvgIpc) is 3.43. The van der Waals surface area contributed by atoms with Crippen LogP contribution < -0.4 is 9.64 Å². The van der Waals surface area contributed by atoms with Gasteiger partial charge in [0.25, 0.3) is 5.91 Å². The van der Waals surface area contributed by atoms with Crippen molar-refractivity contribution in [2.75, 3.05) is 44.7 Å². The molecule has 204 valence electrons. The van der Waals surface area contributed by atoms with Crippen LogP contribution in [-0.4, -0.2) is 68.3 Å². The normalized spacial score (nSPS) is 14.3. The van der Waals surface area contributed by atoms with Crippen molar-refractivity contribution < 1.29 is 17.9 Å². The zero-order valence-electron chi connectivity index (χ0n) is 22.3. The number of anilines is 1. The molecule has 10 heteroatoms. The maximum Gasteiger partial charge on any atom is 0.253 e. The molecule has 1 aliphatic heterocycles. The molecule has 4 aromatic rings. The van der Waals surface area contributed by atoms with Gasteiger partial charge >= 0.3 is 0 Å². The van der Waals surface area contributed by atoms with E-state index in [1.165, 1.54) is 16.4 Å². The first kappa shape index (κ1) is 27.1. The van der Waals surface area contributed by atoms with Gasteiger partial charge in [0.15, 0.2) is 5.13 Å². The highest BCUT2D eigenvalue weighted by Gasteiger charge is 2.27. The maximum absolute atomic E-state index is 13.3. The second-order valence-electron chi connectivity index (χ2n) is 9.48. The van der Waals surface area contributed by atoms with Crippen molar-refractivity contribution >= 4 is 42.6 Å². The summed E-state index contributed by atoms with van der Waals surface area (Å²) in [6.07, 6.45) is 0. The van der Waals surface area contributed by atoms with Crippen molar-refractivity contribution in [2.24, 2.45) is 0 Å². The molecule has 0 N–H and O–H groups in total. The summed E-state index contributed by atoms with van der Waals surface area (Å²) in [6.45, 7) is 7.00. The Kier molecular flexibility index (Phi) is 7.88. The molecule has 39 heavy (non-hydrogen) atoms. The zero-order valence-corrected chi connectivity index (χ0v) is 24.0. The van der Waals surface area contributed by atoms with Crippen LogP contribution in [0.15, 0.2) is 71.6 Å². The summed E-state index contributed by atoms with van der Waals surface area (Å²) >= 11 is 1.64. The second kappa shape index (κ2) is 11.3. The van der Waals surface area contributed by atoms with E-state index in [0.29, 0.717) is 44.8 Å². The predicted molar refractivity (Wildman–Crippen MR) is 155 cm³/mol. The molecule has 0 atom stereocenters. The number of hydrogen-bond acceptors (Lipinski definition) is 7. The number of piperazine rings is 1. The number of ether oxygens (including phenoxy) is 1. The Morgan fingerprint density at radius 1 is 1.00 bits per heavy atom.